The first-order valence-corrected chi connectivity index (χ1v) is 5.57. The molecular formula is C14H14N2O2. The number of benzene rings is 1. The standard InChI is InChI=1S/C14H14N2O2/c1-10-3-4-11(9-13(10)17)14(18)16(2)12-5-7-15-8-6-12/h3-9,17H,1-2H3. The molecule has 0 saturated carbocycles. The number of anilines is 1. The molecule has 0 aliphatic heterocycles. The number of aryl methyl sites for hydroxylation is 1. The summed E-state index contributed by atoms with van der Waals surface area (Å²) in [5.41, 5.74) is 1.96. The molecule has 0 bridgehead atoms. The number of carbonyl (C=O) groups is 1. The largest absolute Gasteiger partial charge is 0.508 e. The van der Waals surface area contributed by atoms with E-state index in [1.165, 1.54) is 11.0 Å². The summed E-state index contributed by atoms with van der Waals surface area (Å²) in [4.78, 5) is 17.6. The first-order valence-electron chi connectivity index (χ1n) is 5.57. The third-order valence-electron chi connectivity index (χ3n) is 2.81. The van der Waals surface area contributed by atoms with E-state index in [2.05, 4.69) is 4.98 Å². The Morgan fingerprint density at radius 3 is 2.50 bits per heavy atom. The molecule has 0 spiro atoms. The SMILES string of the molecule is Cc1ccc(C(=O)N(C)c2ccncc2)cc1O. The first kappa shape index (κ1) is 12.1. The van der Waals surface area contributed by atoms with E-state index in [0.29, 0.717) is 5.56 Å². The molecule has 92 valence electrons. The summed E-state index contributed by atoms with van der Waals surface area (Å²) in [6, 6.07) is 8.42. The van der Waals surface area contributed by atoms with Crippen molar-refractivity contribution in [1.82, 2.24) is 4.98 Å². The van der Waals surface area contributed by atoms with E-state index in [1.807, 2.05) is 0 Å². The minimum atomic E-state index is -0.170. The van der Waals surface area contributed by atoms with Gasteiger partial charge in [0.1, 0.15) is 5.75 Å². The summed E-state index contributed by atoms with van der Waals surface area (Å²) in [7, 11) is 1.69. The van der Waals surface area contributed by atoms with E-state index < -0.39 is 0 Å². The highest BCUT2D eigenvalue weighted by atomic mass is 16.3. The molecule has 1 N–H and O–H groups in total. The van der Waals surface area contributed by atoms with Gasteiger partial charge in [0.15, 0.2) is 0 Å². The molecule has 2 aromatic rings. The molecule has 0 aliphatic rings. The minimum absolute atomic E-state index is 0.129. The molecule has 1 aromatic carbocycles. The lowest BCUT2D eigenvalue weighted by molar-refractivity contribution is 0.0992. The number of carbonyl (C=O) groups excluding carboxylic acids is 1. The van der Waals surface area contributed by atoms with Crippen LogP contribution in [-0.4, -0.2) is 23.0 Å². The second kappa shape index (κ2) is 4.87. The van der Waals surface area contributed by atoms with E-state index in [-0.39, 0.29) is 11.7 Å². The van der Waals surface area contributed by atoms with Gasteiger partial charge in [-0.05, 0) is 36.8 Å². The Hall–Kier alpha value is -2.36. The van der Waals surface area contributed by atoms with Crippen molar-refractivity contribution in [2.75, 3.05) is 11.9 Å². The third-order valence-corrected chi connectivity index (χ3v) is 2.81. The van der Waals surface area contributed by atoms with Crippen LogP contribution >= 0.6 is 0 Å². The fourth-order valence-corrected chi connectivity index (χ4v) is 1.62. The van der Waals surface area contributed by atoms with E-state index in [1.54, 1.807) is 50.6 Å². The van der Waals surface area contributed by atoms with Crippen LogP contribution in [0.3, 0.4) is 0 Å². The van der Waals surface area contributed by atoms with Crippen LogP contribution in [-0.2, 0) is 0 Å². The van der Waals surface area contributed by atoms with Crippen molar-refractivity contribution in [3.8, 4) is 5.75 Å². The maximum atomic E-state index is 12.2. The van der Waals surface area contributed by atoms with Crippen molar-refractivity contribution in [2.24, 2.45) is 0 Å². The first-order chi connectivity index (χ1) is 8.59. The Labute approximate surface area is 106 Å². The van der Waals surface area contributed by atoms with Crippen LogP contribution in [0.4, 0.5) is 5.69 Å². The maximum absolute atomic E-state index is 12.2. The molecule has 2 rings (SSSR count). The smallest absolute Gasteiger partial charge is 0.258 e. The number of phenols is 1. The normalized spacial score (nSPS) is 10.1. The predicted octanol–water partition coefficient (Wildman–Crippen LogP) is 2.37. The summed E-state index contributed by atoms with van der Waals surface area (Å²) in [6.45, 7) is 1.79. The van der Waals surface area contributed by atoms with Crippen molar-refractivity contribution in [2.45, 2.75) is 6.92 Å². The zero-order valence-corrected chi connectivity index (χ0v) is 10.3. The van der Waals surface area contributed by atoms with Gasteiger partial charge in [-0.25, -0.2) is 0 Å². The van der Waals surface area contributed by atoms with Crippen LogP contribution in [0.5, 0.6) is 5.75 Å². The van der Waals surface area contributed by atoms with Gasteiger partial charge in [-0.15, -0.1) is 0 Å². The van der Waals surface area contributed by atoms with Crippen molar-refractivity contribution < 1.29 is 9.90 Å². The lowest BCUT2D eigenvalue weighted by Gasteiger charge is -2.17. The number of aromatic hydroxyl groups is 1. The number of rotatable bonds is 2. The topological polar surface area (TPSA) is 53.4 Å². The van der Waals surface area contributed by atoms with Crippen LogP contribution in [0.15, 0.2) is 42.7 Å². The average Bonchev–Trinajstić information content (AvgIpc) is 2.41. The summed E-state index contributed by atoms with van der Waals surface area (Å²) >= 11 is 0. The Morgan fingerprint density at radius 1 is 1.22 bits per heavy atom. The van der Waals surface area contributed by atoms with Gasteiger partial charge in [-0.3, -0.25) is 9.78 Å². The Bertz CT molecular complexity index is 567. The molecule has 4 heteroatoms. The fraction of sp³-hybridized carbons (Fsp3) is 0.143. The molecule has 1 amide bonds. The third kappa shape index (κ3) is 2.32. The van der Waals surface area contributed by atoms with Gasteiger partial charge in [-0.2, -0.15) is 0 Å². The Morgan fingerprint density at radius 2 is 1.89 bits per heavy atom. The zero-order chi connectivity index (χ0) is 13.1. The van der Waals surface area contributed by atoms with Crippen LogP contribution in [0.1, 0.15) is 15.9 Å². The molecule has 1 heterocycles. The van der Waals surface area contributed by atoms with E-state index in [0.717, 1.165) is 11.3 Å². The molecular weight excluding hydrogens is 228 g/mol. The molecule has 0 unspecified atom stereocenters. The molecule has 1 aromatic heterocycles. The molecule has 0 aliphatic carbocycles. The molecule has 0 atom stereocenters. The highest BCUT2D eigenvalue weighted by molar-refractivity contribution is 6.05. The van der Waals surface area contributed by atoms with E-state index >= 15 is 0 Å². The number of aromatic nitrogens is 1. The van der Waals surface area contributed by atoms with Gasteiger partial charge in [0.25, 0.3) is 5.91 Å². The van der Waals surface area contributed by atoms with Gasteiger partial charge in [0.2, 0.25) is 0 Å². The molecule has 0 saturated heterocycles. The highest BCUT2D eigenvalue weighted by Gasteiger charge is 2.14. The van der Waals surface area contributed by atoms with Crippen LogP contribution in [0.2, 0.25) is 0 Å². The van der Waals surface area contributed by atoms with Crippen molar-refractivity contribution in [3.63, 3.8) is 0 Å². The number of amides is 1. The fourth-order valence-electron chi connectivity index (χ4n) is 1.62. The summed E-state index contributed by atoms with van der Waals surface area (Å²) in [5, 5.41) is 9.62. The monoisotopic (exact) mass is 242 g/mol. The maximum Gasteiger partial charge on any atom is 0.258 e. The van der Waals surface area contributed by atoms with E-state index in [9.17, 15) is 9.90 Å². The Balaban J connectivity index is 2.29. The van der Waals surface area contributed by atoms with Gasteiger partial charge >= 0.3 is 0 Å². The van der Waals surface area contributed by atoms with Crippen molar-refractivity contribution in [3.05, 3.63) is 53.9 Å². The second-order valence-electron chi connectivity index (χ2n) is 4.07. The lowest BCUT2D eigenvalue weighted by atomic mass is 10.1. The number of pyridine rings is 1. The van der Waals surface area contributed by atoms with Crippen molar-refractivity contribution in [1.29, 1.82) is 0 Å². The van der Waals surface area contributed by atoms with Gasteiger partial charge < -0.3 is 10.0 Å². The number of phenolic OH excluding ortho intramolecular Hbond substituents is 1. The van der Waals surface area contributed by atoms with Crippen LogP contribution in [0.25, 0.3) is 0 Å². The van der Waals surface area contributed by atoms with Gasteiger partial charge in [0, 0.05) is 30.7 Å². The van der Waals surface area contributed by atoms with Gasteiger partial charge in [0.05, 0.1) is 0 Å². The van der Waals surface area contributed by atoms with Crippen molar-refractivity contribution >= 4 is 11.6 Å². The summed E-state index contributed by atoms with van der Waals surface area (Å²) in [5.74, 6) is -0.0412. The lowest BCUT2D eigenvalue weighted by Crippen LogP contribution is -2.26. The highest BCUT2D eigenvalue weighted by Crippen LogP contribution is 2.20. The summed E-state index contributed by atoms with van der Waals surface area (Å²) in [6.07, 6.45) is 3.26. The van der Waals surface area contributed by atoms with Gasteiger partial charge in [-0.1, -0.05) is 6.07 Å². The molecule has 18 heavy (non-hydrogen) atoms. The number of hydrogen-bond donors (Lipinski definition) is 1. The van der Waals surface area contributed by atoms with Crippen LogP contribution in [0, 0.1) is 6.92 Å². The second-order valence-corrected chi connectivity index (χ2v) is 4.07. The van der Waals surface area contributed by atoms with Crippen LogP contribution < -0.4 is 4.90 Å². The zero-order valence-electron chi connectivity index (χ0n) is 10.3. The molecule has 0 radical (unpaired) electrons. The molecule has 4 nitrogen and oxygen atoms in total. The van der Waals surface area contributed by atoms with E-state index in [4.69, 9.17) is 0 Å². The number of hydrogen-bond acceptors (Lipinski definition) is 3. The minimum Gasteiger partial charge on any atom is -0.508 e. The number of nitrogens with zero attached hydrogens (tertiary/aromatic N) is 2. The summed E-state index contributed by atoms with van der Waals surface area (Å²) < 4.78 is 0. The quantitative estimate of drug-likeness (QED) is 0.879. The average molecular weight is 242 g/mol. The molecule has 0 fully saturated rings. The Kier molecular flexibility index (Phi) is 3.28. The predicted molar refractivity (Wildman–Crippen MR) is 69.8 cm³/mol.